The lowest BCUT2D eigenvalue weighted by Crippen LogP contribution is -2.09. The zero-order valence-corrected chi connectivity index (χ0v) is 73.1. The normalized spacial score (nSPS) is 12.2. The minimum absolute atomic E-state index is 1.09. The van der Waals surface area contributed by atoms with Crippen LogP contribution in [0.1, 0.15) is 33.4 Å². The molecule has 0 bridgehead atoms. The monoisotopic (exact) mass is 1670 g/mol. The molecule has 0 N–H and O–H groups in total. The zero-order valence-electron chi connectivity index (χ0n) is 73.1. The molecular weight excluding hydrogens is 1580 g/mol. The number of hydrogen-bond donors (Lipinski definition) is 0. The summed E-state index contributed by atoms with van der Waals surface area (Å²) >= 11 is 0. The number of para-hydroxylation sites is 5. The number of aryl methyl sites for hydroxylation is 2. The van der Waals surface area contributed by atoms with E-state index in [1.54, 1.807) is 0 Å². The quantitative estimate of drug-likeness (QED) is 0.104. The molecule has 616 valence electrons. The van der Waals surface area contributed by atoms with Crippen LogP contribution in [0.4, 0.5) is 0 Å². The lowest BCUT2D eigenvalue weighted by Gasteiger charge is -2.20. The second-order valence-corrected chi connectivity index (χ2v) is 35.8. The van der Waals surface area contributed by atoms with Crippen molar-refractivity contribution in [2.75, 3.05) is 0 Å². The average Bonchev–Trinajstić information content (AvgIpc) is 1.54. The van der Waals surface area contributed by atoms with Gasteiger partial charge in [-0.25, -0.2) is 0 Å². The summed E-state index contributed by atoms with van der Waals surface area (Å²) in [4.78, 5) is 0. The summed E-state index contributed by atoms with van der Waals surface area (Å²) in [6, 6.07) is 162. The van der Waals surface area contributed by atoms with Gasteiger partial charge in [-0.05, 0) is 314 Å². The SMILES string of the molecule is Cc1c(-c2ccccc2)cccc1-c1cccc(-c2cc(-c3cccc(-c4cccc(-c5cc(-c6ccccc6)cc(-n6c7ccccc7c7ccc8c(c9ccccc9n8-c8ccc9c(c8)c8ccccc8n9-c8cccc(-c9ccccc9)c8)c76)c5)c4C)c3C)cc(-n3c4ccccc4c4cc(-c5ccc6c(c5)c5ccccc5n6-c5ccc6c(c5)CC6)ccc43)c2)c1C. The molecule has 26 rings (SSSR count). The van der Waals surface area contributed by atoms with Gasteiger partial charge in [0.2, 0.25) is 0 Å². The number of nitrogens with zero attached hydrogens (tertiary/aromatic N) is 5. The van der Waals surface area contributed by atoms with E-state index in [4.69, 9.17) is 0 Å². The van der Waals surface area contributed by atoms with Gasteiger partial charge in [-0.2, -0.15) is 0 Å². The number of benzene rings is 20. The molecule has 5 heterocycles. The first kappa shape index (κ1) is 75.7. The molecule has 0 saturated carbocycles. The van der Waals surface area contributed by atoms with E-state index in [1.807, 2.05) is 0 Å². The standard InChI is InChI=1S/C126H87N5/c1-78-99(85-33-12-7-13-34-85)42-25-46-103(78)104-47-27-44-101(80(104)3)92-68-93(73-97(72-92)130-118-52-21-16-39-109(118)114-76-89(59-64-122(114)130)88-58-63-121-113(75-88)108-38-15-19-50-116(108)128(121)95-60-57-84-55-56-87(84)70-95)102-45-28-49-106(81(102)4)105-48-26-43-100(79(105)2)91-67-90(83-31-10-6-11-32-83)71-98(74-91)131-119-53-22-14-37-107(119)111-62-66-124-125(126(111)131)112-41-18-23-54-120(112)129(124)96-61-65-123-115(77-96)110-40-17-20-51-117(110)127(123)94-36-24-35-86(69-94)82-29-8-5-9-30-82/h5-54,57-77H,55-56H2,1-4H3. The molecule has 5 nitrogen and oxygen atoms in total. The molecule has 0 amide bonds. The maximum Gasteiger partial charge on any atom is 0.0641 e. The van der Waals surface area contributed by atoms with Crippen LogP contribution in [0.25, 0.3) is 238 Å². The third-order valence-corrected chi connectivity index (χ3v) is 28.8. The Balaban J connectivity index is 0.622. The van der Waals surface area contributed by atoms with Crippen LogP contribution in [0.15, 0.2) is 431 Å². The predicted octanol–water partition coefficient (Wildman–Crippen LogP) is 33.5. The molecule has 0 atom stereocenters. The van der Waals surface area contributed by atoms with Gasteiger partial charge < -0.3 is 22.8 Å². The molecule has 1 aliphatic rings. The first-order chi connectivity index (χ1) is 64.6. The van der Waals surface area contributed by atoms with Gasteiger partial charge in [-0.15, -0.1) is 0 Å². The van der Waals surface area contributed by atoms with Crippen LogP contribution in [0, 0.1) is 27.7 Å². The lowest BCUT2D eigenvalue weighted by molar-refractivity contribution is 0.836. The lowest BCUT2D eigenvalue weighted by atomic mass is 9.86. The first-order valence-electron chi connectivity index (χ1n) is 45.8. The van der Waals surface area contributed by atoms with Crippen molar-refractivity contribution in [3.63, 3.8) is 0 Å². The molecular formula is C126H87N5. The van der Waals surface area contributed by atoms with E-state index in [-0.39, 0.29) is 0 Å². The minimum atomic E-state index is 1.09. The summed E-state index contributed by atoms with van der Waals surface area (Å²) in [6.07, 6.45) is 2.31. The Bertz CT molecular complexity index is 9070. The maximum absolute atomic E-state index is 2.57. The number of aromatic nitrogens is 5. The molecule has 5 heteroatoms. The largest absolute Gasteiger partial charge is 0.309 e. The van der Waals surface area contributed by atoms with Crippen molar-refractivity contribution < 1.29 is 0 Å². The second kappa shape index (κ2) is 30.0. The smallest absolute Gasteiger partial charge is 0.0641 e. The van der Waals surface area contributed by atoms with Gasteiger partial charge in [0.1, 0.15) is 0 Å². The van der Waals surface area contributed by atoms with E-state index in [2.05, 4.69) is 481 Å². The highest BCUT2D eigenvalue weighted by atomic mass is 15.0. The second-order valence-electron chi connectivity index (χ2n) is 35.8. The molecule has 131 heavy (non-hydrogen) atoms. The van der Waals surface area contributed by atoms with E-state index in [0.29, 0.717) is 0 Å². The number of fused-ring (bicyclic) bond motifs is 17. The summed E-state index contributed by atoms with van der Waals surface area (Å²) in [5, 5.41) is 12.2. The Morgan fingerprint density at radius 3 is 0.962 bits per heavy atom. The Hall–Kier alpha value is -16.6. The molecule has 5 aromatic heterocycles. The third kappa shape index (κ3) is 12.0. The summed E-state index contributed by atoms with van der Waals surface area (Å²) < 4.78 is 12.5. The third-order valence-electron chi connectivity index (χ3n) is 28.8. The summed E-state index contributed by atoms with van der Waals surface area (Å²) in [6.45, 7) is 9.30. The molecule has 25 aromatic rings. The van der Waals surface area contributed by atoms with Gasteiger partial charge in [-0.1, -0.05) is 291 Å². The van der Waals surface area contributed by atoms with Gasteiger partial charge >= 0.3 is 0 Å². The molecule has 0 saturated heterocycles. The van der Waals surface area contributed by atoms with Crippen LogP contribution in [0.3, 0.4) is 0 Å². The van der Waals surface area contributed by atoms with Crippen molar-refractivity contribution in [1.29, 1.82) is 0 Å². The van der Waals surface area contributed by atoms with Crippen molar-refractivity contribution in [1.82, 2.24) is 22.8 Å². The van der Waals surface area contributed by atoms with Gasteiger partial charge in [0.25, 0.3) is 0 Å². The van der Waals surface area contributed by atoms with Crippen LogP contribution in [-0.2, 0) is 12.8 Å². The fraction of sp³-hybridized carbons (Fsp3) is 0.0476. The van der Waals surface area contributed by atoms with Crippen LogP contribution in [-0.4, -0.2) is 22.8 Å². The molecule has 0 aliphatic heterocycles. The van der Waals surface area contributed by atoms with E-state index in [1.165, 1.54) is 194 Å². The van der Waals surface area contributed by atoms with Gasteiger partial charge in [0.05, 0.1) is 55.2 Å². The molecule has 0 spiro atoms. The van der Waals surface area contributed by atoms with E-state index < -0.39 is 0 Å². The predicted molar refractivity (Wildman–Crippen MR) is 553 cm³/mol. The van der Waals surface area contributed by atoms with Crippen molar-refractivity contribution in [3.05, 3.63) is 464 Å². The van der Waals surface area contributed by atoms with Crippen LogP contribution in [0.5, 0.6) is 0 Å². The Morgan fingerprint density at radius 2 is 0.466 bits per heavy atom. The molecule has 1 aliphatic carbocycles. The van der Waals surface area contributed by atoms with Gasteiger partial charge in [-0.3, -0.25) is 0 Å². The Labute approximate surface area is 759 Å². The highest BCUT2D eigenvalue weighted by Crippen LogP contribution is 2.50. The molecule has 20 aromatic carbocycles. The zero-order chi connectivity index (χ0) is 86.8. The van der Waals surface area contributed by atoms with Crippen molar-refractivity contribution in [2.24, 2.45) is 0 Å². The topological polar surface area (TPSA) is 24.6 Å². The van der Waals surface area contributed by atoms with E-state index >= 15 is 0 Å². The minimum Gasteiger partial charge on any atom is -0.309 e. The maximum atomic E-state index is 2.57. The fourth-order valence-corrected chi connectivity index (χ4v) is 22.4. The first-order valence-corrected chi connectivity index (χ1v) is 45.8. The van der Waals surface area contributed by atoms with Crippen molar-refractivity contribution in [3.8, 4) is 129 Å². The summed E-state index contributed by atoms with van der Waals surface area (Å²) in [5.74, 6) is 0. The average molecular weight is 1670 g/mol. The van der Waals surface area contributed by atoms with Gasteiger partial charge in [0.15, 0.2) is 0 Å². The molecule has 0 unspecified atom stereocenters. The summed E-state index contributed by atoms with van der Waals surface area (Å²) in [5.41, 5.74) is 46.6. The number of rotatable bonds is 14. The van der Waals surface area contributed by atoms with Crippen LogP contribution in [0.2, 0.25) is 0 Å². The Morgan fingerprint density at radius 1 is 0.153 bits per heavy atom. The Kier molecular flexibility index (Phi) is 17.4. The molecule has 0 fully saturated rings. The van der Waals surface area contributed by atoms with E-state index in [9.17, 15) is 0 Å². The van der Waals surface area contributed by atoms with Crippen LogP contribution >= 0.6 is 0 Å². The van der Waals surface area contributed by atoms with Gasteiger partial charge in [0, 0.05) is 82.3 Å². The van der Waals surface area contributed by atoms with E-state index in [0.717, 1.165) is 90.1 Å². The highest BCUT2D eigenvalue weighted by molar-refractivity contribution is 6.27. The van der Waals surface area contributed by atoms with Crippen molar-refractivity contribution in [2.45, 2.75) is 40.5 Å². The molecule has 0 radical (unpaired) electrons. The highest BCUT2D eigenvalue weighted by Gasteiger charge is 2.28. The van der Waals surface area contributed by atoms with Crippen LogP contribution < -0.4 is 0 Å². The number of hydrogen-bond acceptors (Lipinski definition) is 0. The summed E-state index contributed by atoms with van der Waals surface area (Å²) in [7, 11) is 0. The fourth-order valence-electron chi connectivity index (χ4n) is 22.4. The van der Waals surface area contributed by atoms with Crippen molar-refractivity contribution >= 4 is 109 Å².